The van der Waals surface area contributed by atoms with Gasteiger partial charge in [-0.05, 0) is 19.1 Å². The Morgan fingerprint density at radius 2 is 2.00 bits per heavy atom. The Balaban J connectivity index is 2.40. The molecule has 0 N–H and O–H groups in total. The summed E-state index contributed by atoms with van der Waals surface area (Å²) in [6.45, 7) is 7.31. The number of benzene rings is 1. The van der Waals surface area contributed by atoms with Crippen molar-refractivity contribution in [2.45, 2.75) is 27.7 Å². The van der Waals surface area contributed by atoms with Crippen LogP contribution < -0.4 is 4.74 Å². The van der Waals surface area contributed by atoms with Crippen molar-refractivity contribution in [2.24, 2.45) is 5.41 Å². The zero-order valence-electron chi connectivity index (χ0n) is 13.4. The summed E-state index contributed by atoms with van der Waals surface area (Å²) in [6.07, 6.45) is 0. The molecule has 1 aromatic heterocycles. The number of esters is 1. The molecule has 7 heteroatoms. The van der Waals surface area contributed by atoms with Crippen molar-refractivity contribution < 1.29 is 19.1 Å². The van der Waals surface area contributed by atoms with Gasteiger partial charge in [0.1, 0.15) is 5.75 Å². The first-order chi connectivity index (χ1) is 10.7. The van der Waals surface area contributed by atoms with Gasteiger partial charge >= 0.3 is 5.97 Å². The number of carbonyl (C=O) groups excluding carboxylic acids is 2. The first-order valence-electron chi connectivity index (χ1n) is 7.15. The van der Waals surface area contributed by atoms with Crippen molar-refractivity contribution in [1.82, 2.24) is 4.98 Å². The molecule has 23 heavy (non-hydrogen) atoms. The maximum atomic E-state index is 12.7. The monoisotopic (exact) mass is 355 g/mol. The van der Waals surface area contributed by atoms with Crippen LogP contribution in [0.1, 0.15) is 38.1 Å². The highest BCUT2D eigenvalue weighted by atomic mass is 35.5. The second-order valence-electron chi connectivity index (χ2n) is 5.96. The lowest BCUT2D eigenvalue weighted by atomic mass is 9.86. The predicted molar refractivity (Wildman–Crippen MR) is 90.5 cm³/mol. The van der Waals surface area contributed by atoms with Crippen molar-refractivity contribution in [1.29, 1.82) is 0 Å². The van der Waals surface area contributed by atoms with Crippen LogP contribution in [0.15, 0.2) is 12.1 Å². The van der Waals surface area contributed by atoms with Gasteiger partial charge in [-0.15, -0.1) is 11.3 Å². The number of fused-ring (bicyclic) bond motifs is 1. The second-order valence-corrected chi connectivity index (χ2v) is 7.57. The molecule has 0 radical (unpaired) electrons. The van der Waals surface area contributed by atoms with Gasteiger partial charge < -0.3 is 9.47 Å². The van der Waals surface area contributed by atoms with E-state index in [1.807, 2.05) is 20.8 Å². The number of nitrogens with zero attached hydrogens (tertiary/aromatic N) is 1. The topological polar surface area (TPSA) is 65.5 Å². The molecule has 0 fully saturated rings. The molecule has 0 amide bonds. The van der Waals surface area contributed by atoms with Gasteiger partial charge in [0.25, 0.3) is 0 Å². The number of halogens is 1. The van der Waals surface area contributed by atoms with Gasteiger partial charge in [-0.3, -0.25) is 4.79 Å². The summed E-state index contributed by atoms with van der Waals surface area (Å²) in [4.78, 5) is 28.3. The zero-order chi connectivity index (χ0) is 17.2. The fourth-order valence-corrected chi connectivity index (χ4v) is 3.06. The molecule has 2 rings (SSSR count). The van der Waals surface area contributed by atoms with Crippen molar-refractivity contribution in [3.05, 3.63) is 22.2 Å². The van der Waals surface area contributed by atoms with Crippen LogP contribution in [0.4, 0.5) is 0 Å². The van der Waals surface area contributed by atoms with Gasteiger partial charge in [0.05, 0.1) is 16.8 Å². The number of ketones is 1. The van der Waals surface area contributed by atoms with E-state index in [9.17, 15) is 9.59 Å². The van der Waals surface area contributed by atoms with Crippen molar-refractivity contribution in [2.75, 3.05) is 13.2 Å². The Morgan fingerprint density at radius 1 is 1.30 bits per heavy atom. The summed E-state index contributed by atoms with van der Waals surface area (Å²) in [6, 6.07) is 3.32. The maximum absolute atomic E-state index is 12.7. The third-order valence-electron chi connectivity index (χ3n) is 3.03. The molecule has 0 unspecified atom stereocenters. The summed E-state index contributed by atoms with van der Waals surface area (Å²) < 4.78 is 11.4. The molecule has 0 aliphatic carbocycles. The third kappa shape index (κ3) is 4.20. The molecular formula is C16H18ClNO4S. The van der Waals surface area contributed by atoms with E-state index in [2.05, 4.69) is 4.98 Å². The lowest BCUT2D eigenvalue weighted by molar-refractivity contribution is -0.145. The van der Waals surface area contributed by atoms with Crippen LogP contribution in [0.2, 0.25) is 4.47 Å². The quantitative estimate of drug-likeness (QED) is 0.596. The molecule has 0 saturated carbocycles. The van der Waals surface area contributed by atoms with Gasteiger partial charge in [0, 0.05) is 11.0 Å². The van der Waals surface area contributed by atoms with E-state index < -0.39 is 11.4 Å². The Bertz CT molecular complexity index is 748. The SMILES string of the molecule is CCOC(=O)COc1cc(C(=O)C(C)(C)C)c2nc(Cl)sc2c1. The van der Waals surface area contributed by atoms with Crippen LogP contribution in [0.5, 0.6) is 5.75 Å². The Kier molecular flexibility index (Phi) is 5.26. The smallest absolute Gasteiger partial charge is 0.344 e. The van der Waals surface area contributed by atoms with Crippen molar-refractivity contribution >= 4 is 44.9 Å². The van der Waals surface area contributed by atoms with Gasteiger partial charge in [-0.1, -0.05) is 32.4 Å². The van der Waals surface area contributed by atoms with Gasteiger partial charge in [0.2, 0.25) is 0 Å². The third-order valence-corrected chi connectivity index (χ3v) is 4.14. The van der Waals surface area contributed by atoms with E-state index in [0.29, 0.717) is 27.9 Å². The van der Waals surface area contributed by atoms with E-state index in [0.717, 1.165) is 4.70 Å². The highest BCUT2D eigenvalue weighted by molar-refractivity contribution is 7.22. The standard InChI is InChI=1S/C16H18ClNO4S/c1-5-21-12(19)8-22-9-6-10(14(20)16(2,3)4)13-11(7-9)23-15(17)18-13/h6-7H,5,8H2,1-4H3. The van der Waals surface area contributed by atoms with E-state index in [1.54, 1.807) is 19.1 Å². The Hall–Kier alpha value is -1.66. The number of thiazole rings is 1. The lowest BCUT2D eigenvalue weighted by Crippen LogP contribution is -2.21. The molecular weight excluding hydrogens is 338 g/mol. The van der Waals surface area contributed by atoms with Crippen LogP contribution >= 0.6 is 22.9 Å². The molecule has 1 aromatic carbocycles. The maximum Gasteiger partial charge on any atom is 0.344 e. The highest BCUT2D eigenvalue weighted by Gasteiger charge is 2.26. The number of rotatable bonds is 5. The molecule has 0 atom stereocenters. The second kappa shape index (κ2) is 6.84. The van der Waals surface area contributed by atoms with Crippen molar-refractivity contribution in [3.8, 4) is 5.75 Å². The summed E-state index contributed by atoms with van der Waals surface area (Å²) in [5.41, 5.74) is 0.434. The Morgan fingerprint density at radius 3 is 2.61 bits per heavy atom. The van der Waals surface area contributed by atoms with Crippen LogP contribution in [0.3, 0.4) is 0 Å². The minimum atomic E-state index is -0.567. The minimum Gasteiger partial charge on any atom is -0.482 e. The Labute approximate surface area is 143 Å². The summed E-state index contributed by atoms with van der Waals surface area (Å²) in [7, 11) is 0. The first-order valence-corrected chi connectivity index (χ1v) is 8.35. The van der Waals surface area contributed by atoms with Crippen LogP contribution in [-0.4, -0.2) is 30.0 Å². The molecule has 0 aliphatic rings. The average Bonchev–Trinajstić information content (AvgIpc) is 2.83. The van der Waals surface area contributed by atoms with E-state index in [1.165, 1.54) is 11.3 Å². The number of aromatic nitrogens is 1. The van der Waals surface area contributed by atoms with Gasteiger partial charge in [0.15, 0.2) is 16.9 Å². The predicted octanol–water partition coefficient (Wildman–Crippen LogP) is 4.12. The molecule has 1 heterocycles. The van der Waals surface area contributed by atoms with Gasteiger partial charge in [-0.25, -0.2) is 9.78 Å². The largest absolute Gasteiger partial charge is 0.482 e. The normalized spacial score (nSPS) is 11.5. The molecule has 0 saturated heterocycles. The fraction of sp³-hybridized carbons (Fsp3) is 0.438. The summed E-state index contributed by atoms with van der Waals surface area (Å²) >= 11 is 7.24. The summed E-state index contributed by atoms with van der Waals surface area (Å²) in [5.74, 6) is -0.108. The van der Waals surface area contributed by atoms with Crippen molar-refractivity contribution in [3.63, 3.8) is 0 Å². The lowest BCUT2D eigenvalue weighted by Gasteiger charge is -2.17. The number of hydrogen-bond acceptors (Lipinski definition) is 6. The zero-order valence-corrected chi connectivity index (χ0v) is 15.0. The average molecular weight is 356 g/mol. The fourth-order valence-electron chi connectivity index (χ4n) is 1.98. The highest BCUT2D eigenvalue weighted by Crippen LogP contribution is 2.35. The van der Waals surface area contributed by atoms with E-state index in [4.69, 9.17) is 21.1 Å². The minimum absolute atomic E-state index is 0.0638. The molecule has 0 bridgehead atoms. The number of hydrogen-bond donors (Lipinski definition) is 0. The van der Waals surface area contributed by atoms with E-state index in [-0.39, 0.29) is 12.4 Å². The molecule has 0 spiro atoms. The van der Waals surface area contributed by atoms with Crippen LogP contribution in [0, 0.1) is 5.41 Å². The van der Waals surface area contributed by atoms with E-state index >= 15 is 0 Å². The summed E-state index contributed by atoms with van der Waals surface area (Å²) in [5, 5.41) is 0. The number of ether oxygens (including phenoxy) is 2. The molecule has 2 aromatic rings. The molecule has 0 aliphatic heterocycles. The number of carbonyl (C=O) groups is 2. The van der Waals surface area contributed by atoms with Crippen LogP contribution in [-0.2, 0) is 9.53 Å². The number of Topliss-reactive ketones (excluding diaryl/α,β-unsaturated/α-hetero) is 1. The molecule has 124 valence electrons. The van der Waals surface area contributed by atoms with Crippen LogP contribution in [0.25, 0.3) is 10.2 Å². The molecule has 5 nitrogen and oxygen atoms in total. The first kappa shape index (κ1) is 17.7. The van der Waals surface area contributed by atoms with Gasteiger partial charge in [-0.2, -0.15) is 0 Å².